The predicted octanol–water partition coefficient (Wildman–Crippen LogP) is 4.21. The van der Waals surface area contributed by atoms with E-state index in [0.29, 0.717) is 12.1 Å². The van der Waals surface area contributed by atoms with E-state index in [1.165, 1.54) is 0 Å². The van der Waals surface area contributed by atoms with Crippen LogP contribution in [0.1, 0.15) is 22.8 Å². The fraction of sp³-hybridized carbons (Fsp3) is 0.417. The molecular weight excluding hydrogens is 309 g/mol. The molecule has 118 valence electrons. The van der Waals surface area contributed by atoms with E-state index >= 15 is 0 Å². The Kier molecular flexibility index (Phi) is 4.54. The van der Waals surface area contributed by atoms with Crippen molar-refractivity contribution >= 4 is 5.78 Å². The van der Waals surface area contributed by atoms with Crippen LogP contribution in [0.2, 0.25) is 0 Å². The smallest absolute Gasteiger partial charge is 0.434 e. The van der Waals surface area contributed by atoms with Gasteiger partial charge in [0.05, 0.1) is 5.56 Å². The minimum absolute atomic E-state index is 0.252. The number of ether oxygens (including phenoxy) is 1. The summed E-state index contributed by atoms with van der Waals surface area (Å²) in [6.07, 6.45) is -15.6. The molecule has 0 saturated carbocycles. The Labute approximate surface area is 114 Å². The van der Waals surface area contributed by atoms with Crippen LogP contribution in [0.3, 0.4) is 0 Å². The first-order chi connectivity index (χ1) is 9.34. The van der Waals surface area contributed by atoms with E-state index in [9.17, 15) is 35.5 Å². The third kappa shape index (κ3) is 4.08. The number of benzene rings is 1. The first kappa shape index (κ1) is 17.3. The molecule has 2 nitrogen and oxygen atoms in total. The van der Waals surface area contributed by atoms with Crippen LogP contribution in [0.5, 0.6) is 5.75 Å². The minimum atomic E-state index is -5.73. The number of Topliss-reactive ketones (excluding diaryl/α,β-unsaturated/α-hetero) is 1. The average molecular weight is 318 g/mol. The molecule has 0 aliphatic carbocycles. The van der Waals surface area contributed by atoms with E-state index in [-0.39, 0.29) is 5.56 Å². The van der Waals surface area contributed by atoms with Crippen LogP contribution in [-0.4, -0.2) is 24.2 Å². The van der Waals surface area contributed by atoms with Gasteiger partial charge in [0.25, 0.3) is 6.10 Å². The van der Waals surface area contributed by atoms with Crippen LogP contribution < -0.4 is 4.74 Å². The van der Waals surface area contributed by atoms with Gasteiger partial charge < -0.3 is 4.74 Å². The fourth-order valence-electron chi connectivity index (χ4n) is 1.47. The second kappa shape index (κ2) is 5.53. The molecule has 1 rings (SSSR count). The lowest BCUT2D eigenvalue weighted by atomic mass is 10.1. The lowest BCUT2D eigenvalue weighted by molar-refractivity contribution is -0.299. The van der Waals surface area contributed by atoms with Crippen molar-refractivity contribution in [1.29, 1.82) is 0 Å². The Morgan fingerprint density at radius 1 is 1.10 bits per heavy atom. The number of halogens is 7. The summed E-state index contributed by atoms with van der Waals surface area (Å²) in [5, 5.41) is 0. The van der Waals surface area contributed by atoms with Crippen molar-refractivity contribution in [2.45, 2.75) is 32.3 Å². The van der Waals surface area contributed by atoms with Crippen LogP contribution >= 0.6 is 0 Å². The molecule has 9 heteroatoms. The van der Waals surface area contributed by atoms with Crippen molar-refractivity contribution < 1.29 is 40.3 Å². The third-order valence-electron chi connectivity index (χ3n) is 2.48. The maximum absolute atomic E-state index is 13.3. The second-order valence-electron chi connectivity index (χ2n) is 4.23. The van der Waals surface area contributed by atoms with Gasteiger partial charge in [0.1, 0.15) is 11.6 Å². The molecule has 0 bridgehead atoms. The SMILES string of the molecule is CC(=O)c1cc(F)c(C)cc1OC(C(F)(F)F)C(F)(F)F. The molecule has 1 aromatic carbocycles. The zero-order chi connectivity index (χ0) is 16.6. The van der Waals surface area contributed by atoms with Crippen LogP contribution in [0.15, 0.2) is 12.1 Å². The molecule has 0 fully saturated rings. The molecule has 0 atom stereocenters. The molecule has 0 spiro atoms. The van der Waals surface area contributed by atoms with Crippen molar-refractivity contribution in [2.75, 3.05) is 0 Å². The summed E-state index contributed by atoms with van der Waals surface area (Å²) >= 11 is 0. The first-order valence-corrected chi connectivity index (χ1v) is 5.45. The van der Waals surface area contributed by atoms with Crippen LogP contribution in [0.4, 0.5) is 30.7 Å². The van der Waals surface area contributed by atoms with Crippen molar-refractivity contribution in [3.63, 3.8) is 0 Å². The minimum Gasteiger partial charge on any atom is -0.471 e. The summed E-state index contributed by atoms with van der Waals surface area (Å²) < 4.78 is 91.7. The molecular formula is C12H9F7O2. The van der Waals surface area contributed by atoms with Gasteiger partial charge in [-0.05, 0) is 31.5 Å². The van der Waals surface area contributed by atoms with Crippen LogP contribution in [0.25, 0.3) is 0 Å². The molecule has 0 heterocycles. The first-order valence-electron chi connectivity index (χ1n) is 5.45. The number of rotatable bonds is 3. The van der Waals surface area contributed by atoms with Gasteiger partial charge in [-0.1, -0.05) is 0 Å². The molecule has 0 radical (unpaired) electrons. The molecule has 0 aliphatic heterocycles. The van der Waals surface area contributed by atoms with Gasteiger partial charge >= 0.3 is 12.4 Å². The molecule has 0 N–H and O–H groups in total. The van der Waals surface area contributed by atoms with E-state index in [2.05, 4.69) is 4.74 Å². The molecule has 0 unspecified atom stereocenters. The van der Waals surface area contributed by atoms with Gasteiger partial charge in [0.2, 0.25) is 0 Å². The monoisotopic (exact) mass is 318 g/mol. The highest BCUT2D eigenvalue weighted by Gasteiger charge is 2.59. The van der Waals surface area contributed by atoms with E-state index in [1.807, 2.05) is 0 Å². The van der Waals surface area contributed by atoms with Gasteiger partial charge in [-0.15, -0.1) is 0 Å². The quantitative estimate of drug-likeness (QED) is 0.616. The van der Waals surface area contributed by atoms with E-state index in [1.54, 1.807) is 0 Å². The van der Waals surface area contributed by atoms with Crippen molar-refractivity contribution in [2.24, 2.45) is 0 Å². The molecule has 0 aromatic heterocycles. The normalized spacial score (nSPS) is 12.7. The van der Waals surface area contributed by atoms with Crippen molar-refractivity contribution in [3.05, 3.63) is 29.1 Å². The standard InChI is InChI=1S/C12H9F7O2/c1-5-3-9(7(6(2)20)4-8(5)13)21-10(11(14,15)16)12(17,18)19/h3-4,10H,1-2H3. The van der Waals surface area contributed by atoms with Gasteiger partial charge in [-0.2, -0.15) is 26.3 Å². The Morgan fingerprint density at radius 2 is 1.57 bits per heavy atom. The number of hydrogen-bond acceptors (Lipinski definition) is 2. The predicted molar refractivity (Wildman–Crippen MR) is 57.7 cm³/mol. The Morgan fingerprint density at radius 3 is 1.95 bits per heavy atom. The molecule has 21 heavy (non-hydrogen) atoms. The lowest BCUT2D eigenvalue weighted by Crippen LogP contribution is -2.46. The highest BCUT2D eigenvalue weighted by molar-refractivity contribution is 5.96. The van der Waals surface area contributed by atoms with Crippen molar-refractivity contribution in [3.8, 4) is 5.75 Å². The maximum Gasteiger partial charge on any atom is 0.434 e. The molecule has 0 amide bonds. The average Bonchev–Trinajstić information content (AvgIpc) is 2.26. The summed E-state index contributed by atoms with van der Waals surface area (Å²) in [6, 6.07) is 1.16. The Hall–Kier alpha value is -1.80. The van der Waals surface area contributed by atoms with E-state index in [0.717, 1.165) is 13.8 Å². The zero-order valence-corrected chi connectivity index (χ0v) is 10.7. The highest BCUT2D eigenvalue weighted by Crippen LogP contribution is 2.37. The number of aryl methyl sites for hydroxylation is 1. The number of carbonyl (C=O) groups excluding carboxylic acids is 1. The second-order valence-corrected chi connectivity index (χ2v) is 4.23. The Bertz CT molecular complexity index is 532. The molecule has 1 aromatic rings. The summed E-state index contributed by atoms with van der Waals surface area (Å²) in [4.78, 5) is 11.2. The van der Waals surface area contributed by atoms with E-state index < -0.39 is 41.4 Å². The topological polar surface area (TPSA) is 26.3 Å². The van der Waals surface area contributed by atoms with Crippen molar-refractivity contribution in [1.82, 2.24) is 0 Å². The van der Waals surface area contributed by atoms with Crippen LogP contribution in [-0.2, 0) is 0 Å². The summed E-state index contributed by atoms with van der Waals surface area (Å²) in [5.74, 6) is -2.84. The number of carbonyl (C=O) groups is 1. The van der Waals surface area contributed by atoms with E-state index in [4.69, 9.17) is 0 Å². The zero-order valence-electron chi connectivity index (χ0n) is 10.7. The summed E-state index contributed by atoms with van der Waals surface area (Å²) in [7, 11) is 0. The summed E-state index contributed by atoms with van der Waals surface area (Å²) in [6.45, 7) is 1.98. The number of hydrogen-bond donors (Lipinski definition) is 0. The van der Waals surface area contributed by atoms with Gasteiger partial charge in [0.15, 0.2) is 5.78 Å². The molecule has 0 aliphatic rings. The largest absolute Gasteiger partial charge is 0.471 e. The Balaban J connectivity index is 3.33. The van der Waals surface area contributed by atoms with Gasteiger partial charge in [-0.3, -0.25) is 4.79 Å². The maximum atomic E-state index is 13.3. The fourth-order valence-corrected chi connectivity index (χ4v) is 1.47. The lowest BCUT2D eigenvalue weighted by Gasteiger charge is -2.25. The summed E-state index contributed by atoms with van der Waals surface area (Å²) in [5.41, 5.74) is -0.949. The number of alkyl halides is 6. The number of ketones is 1. The highest BCUT2D eigenvalue weighted by atomic mass is 19.4. The van der Waals surface area contributed by atoms with Gasteiger partial charge in [-0.25, -0.2) is 4.39 Å². The molecule has 0 saturated heterocycles. The third-order valence-corrected chi connectivity index (χ3v) is 2.48. The van der Waals surface area contributed by atoms with Gasteiger partial charge in [0, 0.05) is 0 Å². The van der Waals surface area contributed by atoms with Crippen LogP contribution in [0, 0.1) is 12.7 Å².